The Morgan fingerprint density at radius 3 is 2.56 bits per heavy atom. The van der Waals surface area contributed by atoms with E-state index < -0.39 is 6.10 Å². The Morgan fingerprint density at radius 2 is 1.91 bits per heavy atom. The number of allylic oxidation sites excluding steroid dienone is 1. The molecule has 1 heterocycles. The quantitative estimate of drug-likeness (QED) is 0.393. The average Bonchev–Trinajstić information content (AvgIpc) is 3.07. The summed E-state index contributed by atoms with van der Waals surface area (Å²) in [5.41, 5.74) is 4.11. The molecule has 0 radical (unpaired) electrons. The summed E-state index contributed by atoms with van der Waals surface area (Å²) in [5.74, 6) is 1.51. The highest BCUT2D eigenvalue weighted by molar-refractivity contribution is 5.65. The normalized spacial score (nSPS) is 12.3. The highest BCUT2D eigenvalue weighted by Crippen LogP contribution is 2.34. The Balaban J connectivity index is 1.99. The van der Waals surface area contributed by atoms with Gasteiger partial charge in [0.15, 0.2) is 0 Å². The first-order chi connectivity index (χ1) is 15.4. The second kappa shape index (κ2) is 11.1. The molecule has 32 heavy (non-hydrogen) atoms. The smallest absolute Gasteiger partial charge is 0.222 e. The van der Waals surface area contributed by atoms with Gasteiger partial charge in [-0.15, -0.1) is 6.58 Å². The highest BCUT2D eigenvalue weighted by Gasteiger charge is 2.24. The van der Waals surface area contributed by atoms with Gasteiger partial charge in [-0.1, -0.05) is 48.5 Å². The number of nitrogens with zero attached hydrogens (tertiary/aromatic N) is 3. The summed E-state index contributed by atoms with van der Waals surface area (Å²) < 4.78 is 8.18. The van der Waals surface area contributed by atoms with E-state index >= 15 is 0 Å². The fourth-order valence-electron chi connectivity index (χ4n) is 3.77. The molecule has 170 valence electrons. The van der Waals surface area contributed by atoms with Gasteiger partial charge in [0.2, 0.25) is 5.88 Å². The number of aliphatic hydroxyl groups is 1. The monoisotopic (exact) mass is 433 g/mol. The molecule has 3 aromatic rings. The van der Waals surface area contributed by atoms with Crippen LogP contribution in [-0.2, 0) is 13.6 Å². The van der Waals surface area contributed by atoms with Gasteiger partial charge in [0, 0.05) is 31.7 Å². The van der Waals surface area contributed by atoms with Gasteiger partial charge in [-0.3, -0.25) is 4.90 Å². The van der Waals surface area contributed by atoms with E-state index in [4.69, 9.17) is 9.84 Å². The van der Waals surface area contributed by atoms with Gasteiger partial charge in [0.1, 0.15) is 11.4 Å². The average molecular weight is 434 g/mol. The molecule has 1 N–H and O–H groups in total. The first-order valence-electron chi connectivity index (χ1n) is 11.3. The van der Waals surface area contributed by atoms with Crippen LogP contribution in [0.15, 0.2) is 67.3 Å². The van der Waals surface area contributed by atoms with E-state index in [2.05, 4.69) is 50.4 Å². The molecule has 0 amide bonds. The first-order valence-corrected chi connectivity index (χ1v) is 11.3. The van der Waals surface area contributed by atoms with E-state index in [-0.39, 0.29) is 6.04 Å². The standard InChI is InChI=1S/C27H35N3O2/c1-6-7-15-23(31)18-30(20(2)3)19-25-26(22-13-9-8-10-14-22)28-29(5)27(25)32-24-16-11-12-21(4)17-24/h6,8-14,16-17,20,23,31H,1,7,15,18-19H2,2-5H3/t23-/m1/s1. The summed E-state index contributed by atoms with van der Waals surface area (Å²) >= 11 is 0. The topological polar surface area (TPSA) is 50.5 Å². The third-order valence-corrected chi connectivity index (χ3v) is 5.58. The third-order valence-electron chi connectivity index (χ3n) is 5.58. The van der Waals surface area contributed by atoms with Gasteiger partial charge in [-0.25, -0.2) is 4.68 Å². The molecule has 5 heteroatoms. The number of aromatic nitrogens is 2. The maximum Gasteiger partial charge on any atom is 0.222 e. The van der Waals surface area contributed by atoms with Crippen molar-refractivity contribution in [2.45, 2.75) is 52.3 Å². The predicted molar refractivity (Wildman–Crippen MR) is 131 cm³/mol. The van der Waals surface area contributed by atoms with Crippen LogP contribution in [-0.4, -0.2) is 38.5 Å². The number of benzene rings is 2. The zero-order valence-corrected chi connectivity index (χ0v) is 19.7. The van der Waals surface area contributed by atoms with Gasteiger partial charge < -0.3 is 9.84 Å². The summed E-state index contributed by atoms with van der Waals surface area (Å²) in [6.07, 6.45) is 2.95. The van der Waals surface area contributed by atoms with E-state index in [9.17, 15) is 5.11 Å². The molecule has 0 bridgehead atoms. The van der Waals surface area contributed by atoms with Gasteiger partial charge in [-0.2, -0.15) is 5.10 Å². The van der Waals surface area contributed by atoms with Crippen molar-refractivity contribution in [2.75, 3.05) is 6.54 Å². The lowest BCUT2D eigenvalue weighted by Crippen LogP contribution is -2.37. The van der Waals surface area contributed by atoms with Crippen molar-refractivity contribution in [3.63, 3.8) is 0 Å². The van der Waals surface area contributed by atoms with Crippen LogP contribution in [0.3, 0.4) is 0 Å². The van der Waals surface area contributed by atoms with Crippen molar-refractivity contribution in [1.82, 2.24) is 14.7 Å². The minimum atomic E-state index is -0.409. The van der Waals surface area contributed by atoms with Crippen LogP contribution in [0.1, 0.15) is 37.8 Å². The molecule has 5 nitrogen and oxygen atoms in total. The van der Waals surface area contributed by atoms with Crippen LogP contribution in [0.25, 0.3) is 11.3 Å². The number of ether oxygens (including phenoxy) is 1. The fraction of sp³-hybridized carbons (Fsp3) is 0.370. The number of rotatable bonds is 11. The lowest BCUT2D eigenvalue weighted by molar-refractivity contribution is 0.0851. The van der Waals surface area contributed by atoms with Crippen molar-refractivity contribution < 1.29 is 9.84 Å². The Labute approximate surface area is 192 Å². The molecule has 0 aliphatic carbocycles. The molecule has 0 aliphatic rings. The summed E-state index contributed by atoms with van der Waals surface area (Å²) in [5, 5.41) is 15.4. The largest absolute Gasteiger partial charge is 0.439 e. The molecule has 0 saturated heterocycles. The van der Waals surface area contributed by atoms with Gasteiger partial charge in [0.25, 0.3) is 0 Å². The SMILES string of the molecule is C=CCC[C@@H](O)CN(Cc1c(-c2ccccc2)nn(C)c1Oc1cccc(C)c1)C(C)C. The van der Waals surface area contributed by atoms with E-state index in [1.165, 1.54) is 0 Å². The zero-order chi connectivity index (χ0) is 23.1. The van der Waals surface area contributed by atoms with Crippen molar-refractivity contribution >= 4 is 0 Å². The van der Waals surface area contributed by atoms with E-state index in [1.807, 2.05) is 54.2 Å². The second-order valence-electron chi connectivity index (χ2n) is 8.58. The predicted octanol–water partition coefficient (Wildman–Crippen LogP) is 5.73. The maximum atomic E-state index is 10.6. The Kier molecular flexibility index (Phi) is 8.26. The lowest BCUT2D eigenvalue weighted by Gasteiger charge is -2.29. The summed E-state index contributed by atoms with van der Waals surface area (Å²) in [4.78, 5) is 2.28. The minimum absolute atomic E-state index is 0.254. The Hall–Kier alpha value is -2.89. The Morgan fingerprint density at radius 1 is 1.16 bits per heavy atom. The number of aryl methyl sites for hydroxylation is 2. The molecule has 3 rings (SSSR count). The lowest BCUT2D eigenvalue weighted by atomic mass is 10.1. The molecule has 0 spiro atoms. The molecular weight excluding hydrogens is 398 g/mol. The van der Waals surface area contributed by atoms with Crippen molar-refractivity contribution in [2.24, 2.45) is 7.05 Å². The molecular formula is C27H35N3O2. The summed E-state index contributed by atoms with van der Waals surface area (Å²) in [6, 6.07) is 18.5. The molecule has 1 atom stereocenters. The number of hydrogen-bond donors (Lipinski definition) is 1. The number of hydrogen-bond acceptors (Lipinski definition) is 4. The van der Waals surface area contributed by atoms with Crippen LogP contribution >= 0.6 is 0 Å². The van der Waals surface area contributed by atoms with E-state index in [1.54, 1.807) is 0 Å². The van der Waals surface area contributed by atoms with Crippen LogP contribution in [0.2, 0.25) is 0 Å². The van der Waals surface area contributed by atoms with E-state index in [0.29, 0.717) is 19.5 Å². The van der Waals surface area contributed by atoms with E-state index in [0.717, 1.165) is 40.4 Å². The zero-order valence-electron chi connectivity index (χ0n) is 19.7. The molecule has 2 aromatic carbocycles. The van der Waals surface area contributed by atoms with Crippen LogP contribution in [0, 0.1) is 6.92 Å². The summed E-state index contributed by atoms with van der Waals surface area (Å²) in [7, 11) is 1.92. The number of aliphatic hydroxyl groups excluding tert-OH is 1. The molecule has 0 fully saturated rings. The van der Waals surface area contributed by atoms with Crippen molar-refractivity contribution in [3.05, 3.63) is 78.4 Å². The first kappa shape index (κ1) is 23.8. The maximum absolute atomic E-state index is 10.6. The molecule has 0 saturated carbocycles. The van der Waals surface area contributed by atoms with Gasteiger partial charge in [0.05, 0.1) is 11.7 Å². The van der Waals surface area contributed by atoms with Crippen LogP contribution in [0.5, 0.6) is 11.6 Å². The van der Waals surface area contributed by atoms with Crippen LogP contribution in [0.4, 0.5) is 0 Å². The molecule has 0 unspecified atom stereocenters. The Bertz CT molecular complexity index is 1010. The van der Waals surface area contributed by atoms with Crippen molar-refractivity contribution in [1.29, 1.82) is 0 Å². The van der Waals surface area contributed by atoms with Gasteiger partial charge >= 0.3 is 0 Å². The summed E-state index contributed by atoms with van der Waals surface area (Å²) in [6.45, 7) is 11.3. The molecule has 0 aliphatic heterocycles. The van der Waals surface area contributed by atoms with Gasteiger partial charge in [-0.05, 0) is 51.3 Å². The minimum Gasteiger partial charge on any atom is -0.439 e. The highest BCUT2D eigenvalue weighted by atomic mass is 16.5. The second-order valence-corrected chi connectivity index (χ2v) is 8.58. The van der Waals surface area contributed by atoms with Crippen LogP contribution < -0.4 is 4.74 Å². The molecule has 1 aromatic heterocycles. The fourth-order valence-corrected chi connectivity index (χ4v) is 3.77. The van der Waals surface area contributed by atoms with Crippen molar-refractivity contribution in [3.8, 4) is 22.9 Å². The third kappa shape index (κ3) is 6.09.